The predicted molar refractivity (Wildman–Crippen MR) is 86.3 cm³/mol. The smallest absolute Gasteiger partial charge is 0.254 e. The van der Waals surface area contributed by atoms with Gasteiger partial charge in [-0.05, 0) is 46.3 Å². The van der Waals surface area contributed by atoms with Crippen molar-refractivity contribution in [2.24, 2.45) is 0 Å². The average Bonchev–Trinajstić information content (AvgIpc) is 2.47. The van der Waals surface area contributed by atoms with Crippen molar-refractivity contribution >= 4 is 34.5 Å². The van der Waals surface area contributed by atoms with Crippen LogP contribution in [0.2, 0.25) is 0 Å². The van der Waals surface area contributed by atoms with E-state index in [0.717, 1.165) is 21.5 Å². The van der Waals surface area contributed by atoms with E-state index in [-0.39, 0.29) is 5.91 Å². The maximum absolute atomic E-state index is 12.4. The van der Waals surface area contributed by atoms with Crippen molar-refractivity contribution in [3.63, 3.8) is 0 Å². The largest absolute Gasteiger partial charge is 0.341 e. The van der Waals surface area contributed by atoms with Crippen LogP contribution in [0.1, 0.15) is 16.1 Å². The third-order valence-corrected chi connectivity index (χ3v) is 3.93. The van der Waals surface area contributed by atoms with Crippen LogP contribution in [0.5, 0.6) is 0 Å². The lowest BCUT2D eigenvalue weighted by Gasteiger charge is -2.18. The van der Waals surface area contributed by atoms with Gasteiger partial charge in [0, 0.05) is 41.3 Å². The average molecular weight is 351 g/mol. The molecule has 0 saturated heterocycles. The first-order valence-corrected chi connectivity index (χ1v) is 7.46. The van der Waals surface area contributed by atoms with Crippen LogP contribution >= 0.6 is 28.6 Å². The number of benzene rings is 1. The quantitative estimate of drug-likeness (QED) is 0.856. The number of hydrogen-bond acceptors (Lipinski definition) is 3. The molecule has 2 rings (SSSR count). The highest BCUT2D eigenvalue weighted by atomic mass is 79.9. The standard InChI is InChI=1S/C15H15BrN2OS/c1-18(9-7-11-4-2-3-8-17-11)15(19)13-10-12(20)5-6-14(13)16/h2-6,8,10,20H,7,9H2,1H3. The fourth-order valence-electron chi connectivity index (χ4n) is 1.81. The Morgan fingerprint density at radius 1 is 1.35 bits per heavy atom. The number of aromatic nitrogens is 1. The van der Waals surface area contributed by atoms with Gasteiger partial charge in [0.1, 0.15) is 0 Å². The zero-order valence-electron chi connectivity index (χ0n) is 11.1. The topological polar surface area (TPSA) is 33.2 Å². The van der Waals surface area contributed by atoms with Gasteiger partial charge in [0.2, 0.25) is 0 Å². The summed E-state index contributed by atoms with van der Waals surface area (Å²) < 4.78 is 0.782. The summed E-state index contributed by atoms with van der Waals surface area (Å²) in [5.41, 5.74) is 1.61. The summed E-state index contributed by atoms with van der Waals surface area (Å²) in [6.07, 6.45) is 2.50. The Kier molecular flexibility index (Phi) is 5.20. The molecule has 0 fully saturated rings. The van der Waals surface area contributed by atoms with Gasteiger partial charge in [-0.2, -0.15) is 0 Å². The molecule has 0 aliphatic rings. The minimum atomic E-state index is -0.0243. The summed E-state index contributed by atoms with van der Waals surface area (Å²) >= 11 is 7.67. The number of amides is 1. The van der Waals surface area contributed by atoms with Crippen LogP contribution in [0.4, 0.5) is 0 Å². The normalized spacial score (nSPS) is 10.3. The lowest BCUT2D eigenvalue weighted by molar-refractivity contribution is 0.0795. The molecule has 0 unspecified atom stereocenters. The fraction of sp³-hybridized carbons (Fsp3) is 0.200. The third-order valence-electron chi connectivity index (χ3n) is 2.96. The Labute approximate surface area is 132 Å². The number of nitrogens with zero attached hydrogens (tertiary/aromatic N) is 2. The van der Waals surface area contributed by atoms with Crippen molar-refractivity contribution in [1.29, 1.82) is 0 Å². The van der Waals surface area contributed by atoms with E-state index in [1.54, 1.807) is 24.2 Å². The molecule has 0 atom stereocenters. The van der Waals surface area contributed by atoms with Crippen LogP contribution in [0, 0.1) is 0 Å². The molecule has 5 heteroatoms. The van der Waals surface area contributed by atoms with Crippen molar-refractivity contribution in [3.05, 3.63) is 58.3 Å². The molecule has 3 nitrogen and oxygen atoms in total. The molecule has 2 aromatic rings. The Hall–Kier alpha value is -1.33. The maximum atomic E-state index is 12.4. The molecule has 0 N–H and O–H groups in total. The van der Waals surface area contributed by atoms with Gasteiger partial charge in [0.05, 0.1) is 5.56 Å². The van der Waals surface area contributed by atoms with E-state index < -0.39 is 0 Å². The summed E-state index contributed by atoms with van der Waals surface area (Å²) in [6, 6.07) is 11.2. The van der Waals surface area contributed by atoms with Crippen molar-refractivity contribution in [2.75, 3.05) is 13.6 Å². The Morgan fingerprint density at radius 3 is 2.85 bits per heavy atom. The monoisotopic (exact) mass is 350 g/mol. The number of pyridine rings is 1. The number of thiol groups is 1. The molecule has 0 aliphatic carbocycles. The highest BCUT2D eigenvalue weighted by Crippen LogP contribution is 2.21. The van der Waals surface area contributed by atoms with Crippen LogP contribution in [-0.2, 0) is 6.42 Å². The second-order valence-electron chi connectivity index (χ2n) is 4.46. The molecular formula is C15H15BrN2OS. The van der Waals surface area contributed by atoms with Gasteiger partial charge in [0.25, 0.3) is 5.91 Å². The molecular weight excluding hydrogens is 336 g/mol. The lowest BCUT2D eigenvalue weighted by atomic mass is 10.2. The maximum Gasteiger partial charge on any atom is 0.254 e. The minimum absolute atomic E-state index is 0.0243. The Balaban J connectivity index is 2.03. The van der Waals surface area contributed by atoms with Crippen molar-refractivity contribution in [1.82, 2.24) is 9.88 Å². The van der Waals surface area contributed by atoms with E-state index in [2.05, 4.69) is 33.5 Å². The number of carbonyl (C=O) groups is 1. The van der Waals surface area contributed by atoms with Gasteiger partial charge in [-0.25, -0.2) is 0 Å². The molecule has 0 spiro atoms. The SMILES string of the molecule is CN(CCc1ccccn1)C(=O)c1cc(S)ccc1Br. The zero-order valence-corrected chi connectivity index (χ0v) is 13.6. The summed E-state index contributed by atoms with van der Waals surface area (Å²) in [5, 5.41) is 0. The summed E-state index contributed by atoms with van der Waals surface area (Å²) in [4.78, 5) is 19.1. The molecule has 1 aromatic heterocycles. The Bertz CT molecular complexity index is 604. The molecule has 0 bridgehead atoms. The van der Waals surface area contributed by atoms with E-state index in [0.29, 0.717) is 12.1 Å². The van der Waals surface area contributed by atoms with Crippen LogP contribution < -0.4 is 0 Å². The molecule has 0 radical (unpaired) electrons. The number of hydrogen-bond donors (Lipinski definition) is 1. The Morgan fingerprint density at radius 2 is 2.15 bits per heavy atom. The molecule has 1 aromatic carbocycles. The third kappa shape index (κ3) is 3.84. The summed E-state index contributed by atoms with van der Waals surface area (Å²) in [7, 11) is 1.79. The summed E-state index contributed by atoms with van der Waals surface area (Å²) in [6.45, 7) is 0.624. The molecule has 0 saturated carbocycles. The fourth-order valence-corrected chi connectivity index (χ4v) is 2.43. The lowest BCUT2D eigenvalue weighted by Crippen LogP contribution is -2.29. The highest BCUT2D eigenvalue weighted by molar-refractivity contribution is 9.10. The van der Waals surface area contributed by atoms with Crippen molar-refractivity contribution in [2.45, 2.75) is 11.3 Å². The van der Waals surface area contributed by atoms with Crippen LogP contribution in [0.25, 0.3) is 0 Å². The highest BCUT2D eigenvalue weighted by Gasteiger charge is 2.15. The summed E-state index contributed by atoms with van der Waals surface area (Å²) in [5.74, 6) is -0.0243. The molecule has 20 heavy (non-hydrogen) atoms. The number of rotatable bonds is 4. The van der Waals surface area contributed by atoms with E-state index in [4.69, 9.17) is 0 Å². The second kappa shape index (κ2) is 6.90. The van der Waals surface area contributed by atoms with Gasteiger partial charge < -0.3 is 4.90 Å². The molecule has 0 aliphatic heterocycles. The van der Waals surface area contributed by atoms with Crippen LogP contribution in [0.3, 0.4) is 0 Å². The first-order chi connectivity index (χ1) is 9.58. The van der Waals surface area contributed by atoms with E-state index in [9.17, 15) is 4.79 Å². The van der Waals surface area contributed by atoms with Gasteiger partial charge in [0.15, 0.2) is 0 Å². The van der Waals surface area contributed by atoms with E-state index in [1.807, 2.05) is 30.3 Å². The second-order valence-corrected chi connectivity index (χ2v) is 5.83. The first kappa shape index (κ1) is 15.1. The van der Waals surface area contributed by atoms with E-state index in [1.165, 1.54) is 0 Å². The van der Waals surface area contributed by atoms with Crippen molar-refractivity contribution < 1.29 is 4.79 Å². The molecule has 1 amide bonds. The number of carbonyl (C=O) groups excluding carboxylic acids is 1. The van der Waals surface area contributed by atoms with Crippen molar-refractivity contribution in [3.8, 4) is 0 Å². The number of halogens is 1. The predicted octanol–water partition coefficient (Wildman–Crippen LogP) is 3.45. The molecule has 104 valence electrons. The van der Waals surface area contributed by atoms with Gasteiger partial charge in [-0.15, -0.1) is 12.6 Å². The van der Waals surface area contributed by atoms with Gasteiger partial charge in [-0.1, -0.05) is 6.07 Å². The van der Waals surface area contributed by atoms with E-state index >= 15 is 0 Å². The minimum Gasteiger partial charge on any atom is -0.341 e. The number of likely N-dealkylation sites (N-methyl/N-ethyl adjacent to an activating group) is 1. The van der Waals surface area contributed by atoms with Crippen LogP contribution in [0.15, 0.2) is 52.0 Å². The zero-order chi connectivity index (χ0) is 14.5. The van der Waals surface area contributed by atoms with Gasteiger partial charge in [-0.3, -0.25) is 9.78 Å². The molecule has 1 heterocycles. The van der Waals surface area contributed by atoms with Crippen LogP contribution in [-0.4, -0.2) is 29.4 Å². The van der Waals surface area contributed by atoms with Gasteiger partial charge >= 0.3 is 0 Å². The first-order valence-electron chi connectivity index (χ1n) is 6.22.